The highest BCUT2D eigenvalue weighted by Gasteiger charge is 2.24. The molecule has 0 aromatic carbocycles. The molecule has 8 heteroatoms. The highest BCUT2D eigenvalue weighted by Crippen LogP contribution is 2.30. The van der Waals surface area contributed by atoms with Crippen LogP contribution >= 0.6 is 0 Å². The Morgan fingerprint density at radius 1 is 0.676 bits per heavy atom. The first-order valence-corrected chi connectivity index (χ1v) is 13.9. The van der Waals surface area contributed by atoms with Gasteiger partial charge in [-0.05, 0) is 97.3 Å². The van der Waals surface area contributed by atoms with Crippen LogP contribution in [0.5, 0.6) is 0 Å². The molecule has 0 bridgehead atoms. The largest absolute Gasteiger partial charge is 0.481 e. The first kappa shape index (κ1) is 32.4. The van der Waals surface area contributed by atoms with Gasteiger partial charge in [-0.15, -0.1) is 0 Å². The predicted octanol–water partition coefficient (Wildman–Crippen LogP) is 6.23. The number of carbonyl (C=O) groups is 4. The summed E-state index contributed by atoms with van der Waals surface area (Å²) in [5.74, 6) is -1.45. The van der Waals surface area contributed by atoms with Crippen molar-refractivity contribution in [3.63, 3.8) is 0 Å². The Labute approximate surface area is 221 Å². The molecule has 8 nitrogen and oxygen atoms in total. The maximum absolute atomic E-state index is 11.6. The molecule has 0 aliphatic heterocycles. The van der Waals surface area contributed by atoms with Gasteiger partial charge in [-0.25, -0.2) is 0 Å². The molecule has 37 heavy (non-hydrogen) atoms. The highest BCUT2D eigenvalue weighted by molar-refractivity contribution is 5.73. The molecule has 0 radical (unpaired) electrons. The predicted molar refractivity (Wildman–Crippen MR) is 141 cm³/mol. The minimum absolute atomic E-state index is 0.0528. The lowest BCUT2D eigenvalue weighted by molar-refractivity contribution is -0.149. The zero-order valence-corrected chi connectivity index (χ0v) is 22.7. The van der Waals surface area contributed by atoms with Crippen LogP contribution in [0.15, 0.2) is 23.3 Å². The summed E-state index contributed by atoms with van der Waals surface area (Å²) in [5, 5.41) is 17.1. The molecule has 2 aliphatic rings. The Balaban J connectivity index is 0.000000371. The molecule has 0 aromatic heterocycles. The number of unbranched alkanes of at least 4 members (excludes halogenated alkanes) is 3. The first-order valence-electron chi connectivity index (χ1n) is 13.9. The van der Waals surface area contributed by atoms with E-state index in [4.69, 9.17) is 19.7 Å². The van der Waals surface area contributed by atoms with Crippen molar-refractivity contribution < 1.29 is 38.9 Å². The van der Waals surface area contributed by atoms with E-state index in [9.17, 15) is 19.2 Å². The molecule has 210 valence electrons. The average molecular weight is 523 g/mol. The molecule has 0 aromatic rings. The van der Waals surface area contributed by atoms with Gasteiger partial charge in [0, 0.05) is 12.8 Å². The van der Waals surface area contributed by atoms with Gasteiger partial charge < -0.3 is 19.7 Å². The van der Waals surface area contributed by atoms with Crippen molar-refractivity contribution in [1.29, 1.82) is 0 Å². The van der Waals surface area contributed by atoms with Crippen LogP contribution < -0.4 is 0 Å². The fourth-order valence-corrected chi connectivity index (χ4v) is 4.66. The molecule has 2 saturated carbocycles. The molecule has 2 fully saturated rings. The van der Waals surface area contributed by atoms with Crippen LogP contribution in [0, 0.1) is 11.8 Å². The number of allylic oxidation sites excluding steroid dienone is 4. The number of carboxylic acid groups (broad SMARTS) is 2. The van der Waals surface area contributed by atoms with E-state index in [1.165, 1.54) is 11.1 Å². The van der Waals surface area contributed by atoms with E-state index < -0.39 is 11.9 Å². The Hall–Kier alpha value is -2.64. The fraction of sp³-hybridized carbons (Fsp3) is 0.724. The van der Waals surface area contributed by atoms with Gasteiger partial charge >= 0.3 is 23.9 Å². The second kappa shape index (κ2) is 19.5. The van der Waals surface area contributed by atoms with Crippen LogP contribution in [0.25, 0.3) is 0 Å². The molecule has 2 aliphatic carbocycles. The number of rotatable bonds is 13. The number of aliphatic carboxylic acids is 2. The molecule has 0 spiro atoms. The summed E-state index contributed by atoms with van der Waals surface area (Å²) in [6.07, 6.45) is 16.3. The van der Waals surface area contributed by atoms with Crippen molar-refractivity contribution in [2.45, 2.75) is 110 Å². The first-order chi connectivity index (χ1) is 17.8. The second-order valence-electron chi connectivity index (χ2n) is 9.70. The lowest BCUT2D eigenvalue weighted by Gasteiger charge is -2.22. The van der Waals surface area contributed by atoms with Crippen LogP contribution in [-0.4, -0.2) is 47.3 Å². The van der Waals surface area contributed by atoms with Gasteiger partial charge in [0.1, 0.15) is 0 Å². The Bertz CT molecular complexity index is 763. The van der Waals surface area contributed by atoms with E-state index >= 15 is 0 Å². The van der Waals surface area contributed by atoms with Crippen LogP contribution in [0.1, 0.15) is 110 Å². The molecular formula is C29H46O8. The van der Waals surface area contributed by atoms with Crippen LogP contribution in [0.2, 0.25) is 0 Å². The monoisotopic (exact) mass is 522 g/mol. The summed E-state index contributed by atoms with van der Waals surface area (Å²) in [4.78, 5) is 43.8. The van der Waals surface area contributed by atoms with Crippen molar-refractivity contribution in [2.24, 2.45) is 11.8 Å². The lowest BCUT2D eigenvalue weighted by Crippen LogP contribution is -2.21. The number of hydrogen-bond donors (Lipinski definition) is 2. The van der Waals surface area contributed by atoms with Crippen molar-refractivity contribution in [3.05, 3.63) is 23.3 Å². The second-order valence-corrected chi connectivity index (χ2v) is 9.70. The number of carboxylic acids is 2. The summed E-state index contributed by atoms with van der Waals surface area (Å²) in [6.45, 7) is 4.58. The quantitative estimate of drug-likeness (QED) is 0.165. The molecule has 0 unspecified atom stereocenters. The van der Waals surface area contributed by atoms with E-state index in [1.54, 1.807) is 0 Å². The molecule has 0 atom stereocenters. The molecule has 0 amide bonds. The van der Waals surface area contributed by atoms with E-state index in [2.05, 4.69) is 12.2 Å². The van der Waals surface area contributed by atoms with Crippen molar-refractivity contribution in [1.82, 2.24) is 0 Å². The highest BCUT2D eigenvalue weighted by atomic mass is 16.5. The third-order valence-corrected chi connectivity index (χ3v) is 6.80. The van der Waals surface area contributed by atoms with Gasteiger partial charge in [-0.3, -0.25) is 19.2 Å². The smallest absolute Gasteiger partial charge is 0.308 e. The standard InChI is InChI=1S/C15H24O4.C14H22O4/c1-2-19-15(18)13-10-8-12(9-11-13)6-4-3-5-7-14(16)17;1-2-18-14(17)12-9-7-11(8-10-12)5-3-4-6-13(15)16/h6,13H,2-5,7-11H2,1H3,(H,16,17);5,12H,2-4,6-10H2,1H3,(H,15,16). The minimum Gasteiger partial charge on any atom is -0.481 e. The summed E-state index contributed by atoms with van der Waals surface area (Å²) in [6, 6.07) is 0. The third kappa shape index (κ3) is 15.3. The van der Waals surface area contributed by atoms with Crippen LogP contribution in [-0.2, 0) is 28.7 Å². The summed E-state index contributed by atoms with van der Waals surface area (Å²) >= 11 is 0. The molecule has 0 heterocycles. The lowest BCUT2D eigenvalue weighted by atomic mass is 9.85. The summed E-state index contributed by atoms with van der Waals surface area (Å²) in [7, 11) is 0. The van der Waals surface area contributed by atoms with Crippen molar-refractivity contribution >= 4 is 23.9 Å². The Morgan fingerprint density at radius 3 is 1.43 bits per heavy atom. The van der Waals surface area contributed by atoms with Crippen molar-refractivity contribution in [2.75, 3.05) is 13.2 Å². The molecule has 2 N–H and O–H groups in total. The van der Waals surface area contributed by atoms with Gasteiger partial charge in [0.15, 0.2) is 0 Å². The van der Waals surface area contributed by atoms with Crippen LogP contribution in [0.3, 0.4) is 0 Å². The van der Waals surface area contributed by atoms with Crippen molar-refractivity contribution in [3.8, 4) is 0 Å². The van der Waals surface area contributed by atoms with Gasteiger partial charge in [0.2, 0.25) is 0 Å². The normalized spacial score (nSPS) is 19.2. The zero-order valence-electron chi connectivity index (χ0n) is 22.7. The maximum atomic E-state index is 11.6. The minimum atomic E-state index is -0.737. The maximum Gasteiger partial charge on any atom is 0.308 e. The van der Waals surface area contributed by atoms with Gasteiger partial charge in [0.25, 0.3) is 0 Å². The number of carbonyl (C=O) groups excluding carboxylic acids is 2. The topological polar surface area (TPSA) is 127 Å². The van der Waals surface area contributed by atoms with Gasteiger partial charge in [-0.2, -0.15) is 0 Å². The van der Waals surface area contributed by atoms with E-state index in [0.29, 0.717) is 19.6 Å². The fourth-order valence-electron chi connectivity index (χ4n) is 4.66. The summed E-state index contributed by atoms with van der Waals surface area (Å²) in [5.41, 5.74) is 2.77. The van der Waals surface area contributed by atoms with Gasteiger partial charge in [0.05, 0.1) is 25.0 Å². The van der Waals surface area contributed by atoms with E-state index in [-0.39, 0.29) is 36.6 Å². The average Bonchev–Trinajstić information content (AvgIpc) is 2.87. The molecule has 2 rings (SSSR count). The number of ether oxygens (including phenoxy) is 2. The third-order valence-electron chi connectivity index (χ3n) is 6.80. The van der Waals surface area contributed by atoms with E-state index in [1.807, 2.05) is 13.8 Å². The molecular weight excluding hydrogens is 476 g/mol. The van der Waals surface area contributed by atoms with Gasteiger partial charge in [-0.1, -0.05) is 23.3 Å². The summed E-state index contributed by atoms with van der Waals surface area (Å²) < 4.78 is 10.1. The van der Waals surface area contributed by atoms with E-state index in [0.717, 1.165) is 77.0 Å². The SMILES string of the molecule is CCOC(=O)C1CCC(=CCCCC(=O)O)CC1.CCOC(=O)C1CCC(=CCCCCC(=O)O)CC1. The Morgan fingerprint density at radius 2 is 1.05 bits per heavy atom. The number of esters is 2. The number of hydrogen-bond acceptors (Lipinski definition) is 6. The molecule has 0 saturated heterocycles. The zero-order chi connectivity index (χ0) is 27.5. The Kier molecular flexibility index (Phi) is 17.0. The van der Waals surface area contributed by atoms with Crippen LogP contribution in [0.4, 0.5) is 0 Å².